The van der Waals surface area contributed by atoms with Gasteiger partial charge < -0.3 is 10.2 Å². The summed E-state index contributed by atoms with van der Waals surface area (Å²) < 4.78 is 0. The number of nitrogens with one attached hydrogen (secondary N) is 1. The van der Waals surface area contributed by atoms with Crippen LogP contribution in [0.1, 0.15) is 53.8 Å². The molecule has 0 bridgehead atoms. The Morgan fingerprint density at radius 2 is 1.78 bits per heavy atom. The van der Waals surface area contributed by atoms with E-state index in [-0.39, 0.29) is 5.91 Å². The van der Waals surface area contributed by atoms with Crippen LogP contribution in [0.15, 0.2) is 35.7 Å². The van der Waals surface area contributed by atoms with Crippen molar-refractivity contribution in [3.05, 3.63) is 46.2 Å². The third-order valence-electron chi connectivity index (χ3n) is 6.15. The zero-order chi connectivity index (χ0) is 18.6. The molecule has 2 aliphatic rings. The average Bonchev–Trinajstić information content (AvgIpc) is 3.36. The largest absolute Gasteiger partial charge is 0.348 e. The van der Waals surface area contributed by atoms with E-state index in [2.05, 4.69) is 47.5 Å². The molecule has 1 aromatic heterocycles. The van der Waals surface area contributed by atoms with Crippen molar-refractivity contribution in [2.75, 3.05) is 19.6 Å². The van der Waals surface area contributed by atoms with E-state index in [1.807, 2.05) is 5.38 Å². The molecular formula is C23H30N2OS. The molecule has 0 radical (unpaired) electrons. The molecule has 2 heterocycles. The van der Waals surface area contributed by atoms with Crippen LogP contribution in [0.5, 0.6) is 0 Å². The predicted octanol–water partition coefficient (Wildman–Crippen LogP) is 5.11. The highest BCUT2D eigenvalue weighted by molar-refractivity contribution is 7.12. The number of carbonyl (C=O) groups excluding carboxylic acids is 1. The number of hydrogen-bond acceptors (Lipinski definition) is 3. The molecule has 1 aliphatic carbocycles. The number of hydrogen-bond donors (Lipinski definition) is 1. The molecule has 27 heavy (non-hydrogen) atoms. The van der Waals surface area contributed by atoms with Crippen LogP contribution in [0.25, 0.3) is 11.1 Å². The summed E-state index contributed by atoms with van der Waals surface area (Å²) in [6, 6.07) is 10.8. The summed E-state index contributed by atoms with van der Waals surface area (Å²) in [4.78, 5) is 16.3. The van der Waals surface area contributed by atoms with Gasteiger partial charge in [-0.1, -0.05) is 42.7 Å². The Labute approximate surface area is 166 Å². The quantitative estimate of drug-likeness (QED) is 0.779. The van der Waals surface area contributed by atoms with Gasteiger partial charge in [-0.25, -0.2) is 0 Å². The molecule has 1 amide bonds. The van der Waals surface area contributed by atoms with E-state index >= 15 is 0 Å². The summed E-state index contributed by atoms with van der Waals surface area (Å²) in [5.74, 6) is 1.01. The van der Waals surface area contributed by atoms with Crippen LogP contribution in [-0.2, 0) is 0 Å². The van der Waals surface area contributed by atoms with Crippen LogP contribution in [0.4, 0.5) is 0 Å². The van der Waals surface area contributed by atoms with Gasteiger partial charge in [-0.2, -0.15) is 0 Å². The summed E-state index contributed by atoms with van der Waals surface area (Å²) in [6.45, 7) is 5.60. The van der Waals surface area contributed by atoms with Gasteiger partial charge in [0.05, 0.1) is 4.88 Å². The van der Waals surface area contributed by atoms with E-state index in [4.69, 9.17) is 0 Å². The molecular weight excluding hydrogens is 352 g/mol. The first-order valence-corrected chi connectivity index (χ1v) is 11.2. The van der Waals surface area contributed by atoms with Crippen LogP contribution >= 0.6 is 11.3 Å². The number of aryl methyl sites for hydroxylation is 1. The highest BCUT2D eigenvalue weighted by Gasteiger charge is 2.25. The van der Waals surface area contributed by atoms with Crippen molar-refractivity contribution in [2.24, 2.45) is 5.92 Å². The minimum Gasteiger partial charge on any atom is -0.348 e. The molecule has 4 heteroatoms. The van der Waals surface area contributed by atoms with Crippen molar-refractivity contribution >= 4 is 17.2 Å². The van der Waals surface area contributed by atoms with E-state index in [1.54, 1.807) is 11.3 Å². The molecule has 2 aromatic rings. The van der Waals surface area contributed by atoms with Crippen LogP contribution in [0, 0.1) is 12.8 Å². The molecule has 1 aliphatic heterocycles. The Hall–Kier alpha value is -1.65. The molecule has 0 unspecified atom stereocenters. The molecule has 2 fully saturated rings. The maximum Gasteiger partial charge on any atom is 0.262 e. The number of benzene rings is 1. The van der Waals surface area contributed by atoms with Gasteiger partial charge in [0, 0.05) is 31.2 Å². The minimum absolute atomic E-state index is 0.0924. The molecule has 0 atom stereocenters. The summed E-state index contributed by atoms with van der Waals surface area (Å²) in [6.07, 6.45) is 7.81. The van der Waals surface area contributed by atoms with Crippen LogP contribution in [0.2, 0.25) is 0 Å². The molecule has 1 saturated carbocycles. The number of carbonyl (C=O) groups is 1. The lowest BCUT2D eigenvalue weighted by Crippen LogP contribution is -2.45. The van der Waals surface area contributed by atoms with E-state index in [1.165, 1.54) is 37.8 Å². The Kier molecular flexibility index (Phi) is 5.94. The highest BCUT2D eigenvalue weighted by atomic mass is 32.1. The van der Waals surface area contributed by atoms with Gasteiger partial charge in [0.25, 0.3) is 5.91 Å². The predicted molar refractivity (Wildman–Crippen MR) is 113 cm³/mol. The standard InChI is InChI=1S/C23H30N2OS/c1-17-6-8-19(9-7-17)21-12-15-27-22(21)23(26)24-20-10-13-25(14-11-20)16-18-4-2-3-5-18/h6-9,12,15,18,20H,2-5,10-11,13-14,16H2,1H3,(H,24,26). The Bertz CT molecular complexity index is 753. The first-order chi connectivity index (χ1) is 13.2. The summed E-state index contributed by atoms with van der Waals surface area (Å²) in [5.41, 5.74) is 3.42. The zero-order valence-corrected chi connectivity index (χ0v) is 17.1. The Balaban J connectivity index is 1.32. The maximum atomic E-state index is 12.9. The lowest BCUT2D eigenvalue weighted by molar-refractivity contribution is 0.0910. The summed E-state index contributed by atoms with van der Waals surface area (Å²) >= 11 is 1.54. The van der Waals surface area contributed by atoms with Gasteiger partial charge in [-0.15, -0.1) is 11.3 Å². The number of thiophene rings is 1. The molecule has 0 spiro atoms. The SMILES string of the molecule is Cc1ccc(-c2ccsc2C(=O)NC2CCN(CC3CCCC3)CC2)cc1. The number of nitrogens with zero attached hydrogens (tertiary/aromatic N) is 1. The van der Waals surface area contributed by atoms with Gasteiger partial charge in [-0.3, -0.25) is 4.79 Å². The van der Waals surface area contributed by atoms with Gasteiger partial charge in [0.15, 0.2) is 0 Å². The second-order valence-electron chi connectivity index (χ2n) is 8.23. The third-order valence-corrected chi connectivity index (χ3v) is 7.06. The molecule has 3 nitrogen and oxygen atoms in total. The van der Waals surface area contributed by atoms with Crippen molar-refractivity contribution < 1.29 is 4.79 Å². The van der Waals surface area contributed by atoms with E-state index in [0.29, 0.717) is 6.04 Å². The first-order valence-electron chi connectivity index (χ1n) is 10.4. The maximum absolute atomic E-state index is 12.9. The van der Waals surface area contributed by atoms with Crippen LogP contribution in [-0.4, -0.2) is 36.5 Å². The van der Waals surface area contributed by atoms with E-state index in [0.717, 1.165) is 47.9 Å². The number of rotatable bonds is 5. The van der Waals surface area contributed by atoms with Gasteiger partial charge in [-0.05, 0) is 55.5 Å². The zero-order valence-electron chi connectivity index (χ0n) is 16.2. The Morgan fingerprint density at radius 1 is 1.07 bits per heavy atom. The monoisotopic (exact) mass is 382 g/mol. The number of likely N-dealkylation sites (tertiary alicyclic amines) is 1. The van der Waals surface area contributed by atoms with Crippen molar-refractivity contribution in [3.63, 3.8) is 0 Å². The first kappa shape index (κ1) is 18.7. The van der Waals surface area contributed by atoms with Gasteiger partial charge in [0.2, 0.25) is 0 Å². The molecule has 4 rings (SSSR count). The smallest absolute Gasteiger partial charge is 0.262 e. The topological polar surface area (TPSA) is 32.3 Å². The highest BCUT2D eigenvalue weighted by Crippen LogP contribution is 2.29. The fourth-order valence-electron chi connectivity index (χ4n) is 4.51. The fourth-order valence-corrected chi connectivity index (χ4v) is 5.33. The van der Waals surface area contributed by atoms with E-state index < -0.39 is 0 Å². The molecule has 1 saturated heterocycles. The summed E-state index contributed by atoms with van der Waals surface area (Å²) in [5, 5.41) is 5.32. The fraction of sp³-hybridized carbons (Fsp3) is 0.522. The van der Waals surface area contributed by atoms with Crippen molar-refractivity contribution in [1.82, 2.24) is 10.2 Å². The van der Waals surface area contributed by atoms with E-state index in [9.17, 15) is 4.79 Å². The molecule has 1 aromatic carbocycles. The summed E-state index contributed by atoms with van der Waals surface area (Å²) in [7, 11) is 0. The number of piperidine rings is 1. The van der Waals surface area contributed by atoms with Crippen molar-refractivity contribution in [1.29, 1.82) is 0 Å². The number of amides is 1. The lowest BCUT2D eigenvalue weighted by Gasteiger charge is -2.33. The van der Waals surface area contributed by atoms with Gasteiger partial charge in [0.1, 0.15) is 0 Å². The normalized spacial score (nSPS) is 19.4. The average molecular weight is 383 g/mol. The van der Waals surface area contributed by atoms with Crippen molar-refractivity contribution in [2.45, 2.75) is 51.5 Å². The molecule has 1 N–H and O–H groups in total. The Morgan fingerprint density at radius 3 is 2.48 bits per heavy atom. The minimum atomic E-state index is 0.0924. The second kappa shape index (κ2) is 8.57. The second-order valence-corrected chi connectivity index (χ2v) is 9.14. The van der Waals surface area contributed by atoms with Crippen LogP contribution in [0.3, 0.4) is 0 Å². The van der Waals surface area contributed by atoms with Gasteiger partial charge >= 0.3 is 0 Å². The van der Waals surface area contributed by atoms with Crippen LogP contribution < -0.4 is 5.32 Å². The lowest BCUT2D eigenvalue weighted by atomic mass is 10.0. The third kappa shape index (κ3) is 4.61. The van der Waals surface area contributed by atoms with Crippen molar-refractivity contribution in [3.8, 4) is 11.1 Å². The molecule has 144 valence electrons.